The molecule has 0 radical (unpaired) electrons. The Hall–Kier alpha value is -2.56. The fourth-order valence-electron chi connectivity index (χ4n) is 2.34. The normalized spacial score (nSPS) is 11.7. The van der Waals surface area contributed by atoms with Crippen LogP contribution in [0.1, 0.15) is 24.1 Å². The minimum absolute atomic E-state index is 0.144. The van der Waals surface area contributed by atoms with Gasteiger partial charge in [-0.25, -0.2) is 4.39 Å². The molecule has 122 valence electrons. The van der Waals surface area contributed by atoms with Crippen molar-refractivity contribution in [2.75, 3.05) is 14.2 Å². The van der Waals surface area contributed by atoms with Gasteiger partial charge in [0.25, 0.3) is 0 Å². The van der Waals surface area contributed by atoms with Gasteiger partial charge in [-0.1, -0.05) is 12.1 Å². The molecule has 0 saturated carbocycles. The Kier molecular flexibility index (Phi) is 5.57. The van der Waals surface area contributed by atoms with Crippen LogP contribution in [0.25, 0.3) is 0 Å². The number of methoxy groups -OCH3 is 2. The van der Waals surface area contributed by atoms with E-state index in [-0.39, 0.29) is 24.2 Å². The van der Waals surface area contributed by atoms with E-state index in [1.807, 2.05) is 13.0 Å². The highest BCUT2D eigenvalue weighted by Crippen LogP contribution is 2.29. The molecule has 0 aliphatic carbocycles. The quantitative estimate of drug-likeness (QED) is 0.889. The first-order valence-electron chi connectivity index (χ1n) is 7.29. The summed E-state index contributed by atoms with van der Waals surface area (Å²) in [6.07, 6.45) is 0.191. The van der Waals surface area contributed by atoms with Crippen LogP contribution >= 0.6 is 0 Å². The molecule has 1 N–H and O–H groups in total. The van der Waals surface area contributed by atoms with E-state index in [9.17, 15) is 9.18 Å². The SMILES string of the molecule is COc1ccc(OC)c([C@H](C)NC(=O)Cc2ccc(F)cc2)c1. The second kappa shape index (κ2) is 7.63. The number of amides is 1. The van der Waals surface area contributed by atoms with Crippen molar-refractivity contribution in [3.8, 4) is 11.5 Å². The lowest BCUT2D eigenvalue weighted by molar-refractivity contribution is -0.121. The van der Waals surface area contributed by atoms with Crippen LogP contribution in [0, 0.1) is 5.82 Å². The predicted molar refractivity (Wildman–Crippen MR) is 86.2 cm³/mol. The van der Waals surface area contributed by atoms with Crippen molar-refractivity contribution in [3.05, 3.63) is 59.4 Å². The number of carbonyl (C=O) groups is 1. The van der Waals surface area contributed by atoms with E-state index in [4.69, 9.17) is 9.47 Å². The van der Waals surface area contributed by atoms with Crippen LogP contribution in [-0.2, 0) is 11.2 Å². The molecule has 0 unspecified atom stereocenters. The number of benzene rings is 2. The molecule has 0 aromatic heterocycles. The van der Waals surface area contributed by atoms with Gasteiger partial charge in [0.2, 0.25) is 5.91 Å². The topological polar surface area (TPSA) is 47.6 Å². The fraction of sp³-hybridized carbons (Fsp3) is 0.278. The van der Waals surface area contributed by atoms with Crippen LogP contribution < -0.4 is 14.8 Å². The second-order valence-electron chi connectivity index (χ2n) is 5.20. The molecule has 4 nitrogen and oxygen atoms in total. The van der Waals surface area contributed by atoms with Gasteiger partial charge in [-0.3, -0.25) is 4.79 Å². The van der Waals surface area contributed by atoms with Gasteiger partial charge in [0.1, 0.15) is 17.3 Å². The summed E-state index contributed by atoms with van der Waals surface area (Å²) in [6.45, 7) is 1.87. The van der Waals surface area contributed by atoms with Crippen LogP contribution in [0.3, 0.4) is 0 Å². The lowest BCUT2D eigenvalue weighted by Crippen LogP contribution is -2.28. The third kappa shape index (κ3) is 4.45. The summed E-state index contributed by atoms with van der Waals surface area (Å²) < 4.78 is 23.4. The minimum Gasteiger partial charge on any atom is -0.497 e. The Bertz CT molecular complexity index is 670. The van der Waals surface area contributed by atoms with Gasteiger partial charge < -0.3 is 14.8 Å². The Balaban J connectivity index is 2.07. The van der Waals surface area contributed by atoms with Crippen LogP contribution in [0.15, 0.2) is 42.5 Å². The summed E-state index contributed by atoms with van der Waals surface area (Å²) in [5, 5.41) is 2.92. The van der Waals surface area contributed by atoms with Crippen molar-refractivity contribution < 1.29 is 18.7 Å². The average Bonchev–Trinajstić information content (AvgIpc) is 2.56. The Morgan fingerprint density at radius 3 is 2.43 bits per heavy atom. The molecule has 23 heavy (non-hydrogen) atoms. The summed E-state index contributed by atoms with van der Waals surface area (Å²) in [7, 11) is 3.17. The van der Waals surface area contributed by atoms with Gasteiger partial charge in [-0.15, -0.1) is 0 Å². The van der Waals surface area contributed by atoms with Crippen LogP contribution in [-0.4, -0.2) is 20.1 Å². The lowest BCUT2D eigenvalue weighted by Gasteiger charge is -2.18. The van der Waals surface area contributed by atoms with E-state index in [0.717, 1.165) is 11.1 Å². The molecule has 2 rings (SSSR count). The molecule has 0 saturated heterocycles. The summed E-state index contributed by atoms with van der Waals surface area (Å²) in [5.41, 5.74) is 1.59. The predicted octanol–water partition coefficient (Wildman–Crippen LogP) is 3.26. The summed E-state index contributed by atoms with van der Waals surface area (Å²) >= 11 is 0. The second-order valence-corrected chi connectivity index (χ2v) is 5.20. The molecule has 5 heteroatoms. The number of ether oxygens (including phenoxy) is 2. The van der Waals surface area contributed by atoms with E-state index >= 15 is 0 Å². The van der Waals surface area contributed by atoms with E-state index in [0.29, 0.717) is 11.5 Å². The smallest absolute Gasteiger partial charge is 0.224 e. The van der Waals surface area contributed by atoms with Crippen LogP contribution in [0.2, 0.25) is 0 Å². The van der Waals surface area contributed by atoms with Crippen molar-refractivity contribution in [2.45, 2.75) is 19.4 Å². The van der Waals surface area contributed by atoms with Crippen LogP contribution in [0.5, 0.6) is 11.5 Å². The first kappa shape index (κ1) is 16.8. The first-order valence-corrected chi connectivity index (χ1v) is 7.29. The zero-order chi connectivity index (χ0) is 16.8. The highest BCUT2D eigenvalue weighted by atomic mass is 19.1. The number of hydrogen-bond donors (Lipinski definition) is 1. The van der Waals surface area contributed by atoms with Gasteiger partial charge in [0, 0.05) is 5.56 Å². The number of rotatable bonds is 6. The molecular formula is C18H20FNO3. The number of halogens is 1. The summed E-state index contributed by atoms with van der Waals surface area (Å²) in [6, 6.07) is 11.1. The standard InChI is InChI=1S/C18H20FNO3/c1-12(16-11-15(22-2)8-9-17(16)23-3)20-18(21)10-13-4-6-14(19)7-5-13/h4-9,11-12H,10H2,1-3H3,(H,20,21)/t12-/m0/s1. The molecule has 0 aliphatic heterocycles. The van der Waals surface area contributed by atoms with E-state index < -0.39 is 0 Å². The third-order valence-corrected chi connectivity index (χ3v) is 3.56. The van der Waals surface area contributed by atoms with Gasteiger partial charge in [-0.05, 0) is 42.8 Å². The maximum Gasteiger partial charge on any atom is 0.224 e. The molecule has 0 spiro atoms. The molecule has 2 aromatic rings. The fourth-order valence-corrected chi connectivity index (χ4v) is 2.34. The molecule has 0 aliphatic rings. The maximum absolute atomic E-state index is 12.9. The Labute approximate surface area is 135 Å². The largest absolute Gasteiger partial charge is 0.497 e. The molecule has 1 amide bonds. The van der Waals surface area contributed by atoms with Gasteiger partial charge in [0.05, 0.1) is 26.7 Å². The molecule has 0 heterocycles. The highest BCUT2D eigenvalue weighted by Gasteiger charge is 2.15. The highest BCUT2D eigenvalue weighted by molar-refractivity contribution is 5.79. The molecular weight excluding hydrogens is 297 g/mol. The lowest BCUT2D eigenvalue weighted by atomic mass is 10.1. The van der Waals surface area contributed by atoms with E-state index in [1.54, 1.807) is 38.5 Å². The zero-order valence-corrected chi connectivity index (χ0v) is 13.4. The van der Waals surface area contributed by atoms with Gasteiger partial charge in [0.15, 0.2) is 0 Å². The molecule has 0 fully saturated rings. The number of carbonyl (C=O) groups excluding carboxylic acids is 1. The monoisotopic (exact) mass is 317 g/mol. The van der Waals surface area contributed by atoms with E-state index in [1.165, 1.54) is 12.1 Å². The minimum atomic E-state index is -0.316. The molecule has 1 atom stereocenters. The van der Waals surface area contributed by atoms with Crippen molar-refractivity contribution in [1.82, 2.24) is 5.32 Å². The third-order valence-electron chi connectivity index (χ3n) is 3.56. The molecule has 0 bridgehead atoms. The van der Waals surface area contributed by atoms with Crippen molar-refractivity contribution in [2.24, 2.45) is 0 Å². The number of nitrogens with one attached hydrogen (secondary N) is 1. The van der Waals surface area contributed by atoms with Crippen LogP contribution in [0.4, 0.5) is 4.39 Å². The van der Waals surface area contributed by atoms with Crippen molar-refractivity contribution in [1.29, 1.82) is 0 Å². The van der Waals surface area contributed by atoms with Crippen molar-refractivity contribution >= 4 is 5.91 Å². The van der Waals surface area contributed by atoms with E-state index in [2.05, 4.69) is 5.32 Å². The molecule has 2 aromatic carbocycles. The summed E-state index contributed by atoms with van der Waals surface area (Å²) in [5.74, 6) is 0.915. The van der Waals surface area contributed by atoms with Crippen molar-refractivity contribution in [3.63, 3.8) is 0 Å². The number of hydrogen-bond acceptors (Lipinski definition) is 3. The Morgan fingerprint density at radius 1 is 1.13 bits per heavy atom. The summed E-state index contributed by atoms with van der Waals surface area (Å²) in [4.78, 5) is 12.2. The zero-order valence-electron chi connectivity index (χ0n) is 13.4. The first-order chi connectivity index (χ1) is 11.0. The average molecular weight is 317 g/mol. The van der Waals surface area contributed by atoms with Gasteiger partial charge >= 0.3 is 0 Å². The van der Waals surface area contributed by atoms with Gasteiger partial charge in [-0.2, -0.15) is 0 Å². The maximum atomic E-state index is 12.9. The Morgan fingerprint density at radius 2 is 1.83 bits per heavy atom.